The number of ether oxygens (including phenoxy) is 1. The van der Waals surface area contributed by atoms with Crippen LogP contribution in [-0.2, 0) is 16.1 Å². The third-order valence-electron chi connectivity index (χ3n) is 4.61. The van der Waals surface area contributed by atoms with Gasteiger partial charge in [-0.3, -0.25) is 9.59 Å². The molecule has 168 valence electrons. The average molecular weight is 530 g/mol. The predicted octanol–water partition coefficient (Wildman–Crippen LogP) is 5.71. The minimum absolute atomic E-state index is 0.190. The van der Waals surface area contributed by atoms with Crippen LogP contribution in [0.1, 0.15) is 32.8 Å². The van der Waals surface area contributed by atoms with Gasteiger partial charge in [0.1, 0.15) is 11.8 Å². The van der Waals surface area contributed by atoms with E-state index < -0.39 is 6.04 Å². The van der Waals surface area contributed by atoms with Crippen molar-refractivity contribution in [2.75, 3.05) is 13.2 Å². The number of halogens is 3. The normalized spacial score (nSPS) is 11.8. The van der Waals surface area contributed by atoms with E-state index in [1.54, 1.807) is 24.3 Å². The third kappa shape index (κ3) is 7.70. The molecule has 2 aromatic carbocycles. The van der Waals surface area contributed by atoms with Crippen LogP contribution in [0.15, 0.2) is 46.9 Å². The van der Waals surface area contributed by atoms with Crippen molar-refractivity contribution in [3.63, 3.8) is 0 Å². The van der Waals surface area contributed by atoms with Crippen molar-refractivity contribution in [2.24, 2.45) is 5.92 Å². The SMILES string of the molecule is CC[C@@H](C(=O)NCC(C)C)N(Cc1ccccc1Cl)C(=O)COc1ccc(Cl)cc1Br. The molecule has 2 aromatic rings. The largest absolute Gasteiger partial charge is 0.483 e. The van der Waals surface area contributed by atoms with E-state index in [4.69, 9.17) is 27.9 Å². The van der Waals surface area contributed by atoms with Crippen LogP contribution in [0.5, 0.6) is 5.75 Å². The molecule has 0 saturated carbocycles. The summed E-state index contributed by atoms with van der Waals surface area (Å²) >= 11 is 15.7. The molecule has 1 atom stereocenters. The first-order valence-electron chi connectivity index (χ1n) is 10.1. The zero-order valence-electron chi connectivity index (χ0n) is 17.8. The van der Waals surface area contributed by atoms with Crippen LogP contribution in [0.4, 0.5) is 0 Å². The van der Waals surface area contributed by atoms with E-state index in [0.717, 1.165) is 5.56 Å². The van der Waals surface area contributed by atoms with E-state index in [0.29, 0.717) is 39.2 Å². The number of nitrogens with one attached hydrogen (secondary N) is 1. The van der Waals surface area contributed by atoms with Crippen LogP contribution in [0.25, 0.3) is 0 Å². The molecular formula is C23H27BrCl2N2O3. The van der Waals surface area contributed by atoms with Gasteiger partial charge in [-0.25, -0.2) is 0 Å². The molecule has 8 heteroatoms. The second-order valence-corrected chi connectivity index (χ2v) is 9.24. The number of rotatable bonds is 10. The molecule has 0 aromatic heterocycles. The smallest absolute Gasteiger partial charge is 0.261 e. The summed E-state index contributed by atoms with van der Waals surface area (Å²) in [6.45, 7) is 6.44. The van der Waals surface area contributed by atoms with Gasteiger partial charge in [-0.1, -0.05) is 62.2 Å². The van der Waals surface area contributed by atoms with Gasteiger partial charge < -0.3 is 15.0 Å². The van der Waals surface area contributed by atoms with Crippen LogP contribution in [-0.4, -0.2) is 35.9 Å². The topological polar surface area (TPSA) is 58.6 Å². The van der Waals surface area contributed by atoms with Crippen molar-refractivity contribution in [1.29, 1.82) is 0 Å². The second-order valence-electron chi connectivity index (χ2n) is 7.54. The Morgan fingerprint density at radius 1 is 1.16 bits per heavy atom. The molecule has 0 heterocycles. The van der Waals surface area contributed by atoms with Crippen molar-refractivity contribution in [3.8, 4) is 5.75 Å². The van der Waals surface area contributed by atoms with Gasteiger partial charge in [0.05, 0.1) is 4.47 Å². The maximum atomic E-state index is 13.2. The van der Waals surface area contributed by atoms with E-state index in [2.05, 4.69) is 21.2 Å². The highest BCUT2D eigenvalue weighted by atomic mass is 79.9. The monoisotopic (exact) mass is 528 g/mol. The summed E-state index contributed by atoms with van der Waals surface area (Å²) in [6, 6.07) is 11.7. The molecule has 2 amide bonds. The lowest BCUT2D eigenvalue weighted by Gasteiger charge is -2.31. The fourth-order valence-corrected chi connectivity index (χ4v) is 3.96. The molecule has 5 nitrogen and oxygen atoms in total. The minimum atomic E-state index is -0.639. The maximum absolute atomic E-state index is 13.2. The van der Waals surface area contributed by atoms with Gasteiger partial charge in [0.15, 0.2) is 6.61 Å². The number of benzene rings is 2. The quantitative estimate of drug-likeness (QED) is 0.428. The number of amides is 2. The number of carbonyl (C=O) groups excluding carboxylic acids is 2. The average Bonchev–Trinajstić information content (AvgIpc) is 2.72. The van der Waals surface area contributed by atoms with Crippen LogP contribution in [0, 0.1) is 5.92 Å². The second kappa shape index (κ2) is 12.3. The van der Waals surface area contributed by atoms with Gasteiger partial charge in [0.25, 0.3) is 5.91 Å². The molecule has 0 aliphatic rings. The summed E-state index contributed by atoms with van der Waals surface area (Å²) in [4.78, 5) is 27.6. The summed E-state index contributed by atoms with van der Waals surface area (Å²) in [7, 11) is 0. The zero-order valence-corrected chi connectivity index (χ0v) is 20.9. The lowest BCUT2D eigenvalue weighted by molar-refractivity contribution is -0.143. The van der Waals surface area contributed by atoms with Gasteiger partial charge >= 0.3 is 0 Å². The van der Waals surface area contributed by atoms with Gasteiger partial charge in [0, 0.05) is 23.1 Å². The number of hydrogen-bond donors (Lipinski definition) is 1. The Morgan fingerprint density at radius 3 is 2.48 bits per heavy atom. The molecule has 0 spiro atoms. The molecule has 2 rings (SSSR count). The Hall–Kier alpha value is -1.76. The van der Waals surface area contributed by atoms with Crippen molar-refractivity contribution in [3.05, 3.63) is 62.5 Å². The molecule has 0 bridgehead atoms. The Kier molecular flexibility index (Phi) is 10.1. The van der Waals surface area contributed by atoms with Gasteiger partial charge in [-0.15, -0.1) is 0 Å². The van der Waals surface area contributed by atoms with Crippen LogP contribution in [0.3, 0.4) is 0 Å². The van der Waals surface area contributed by atoms with Crippen LogP contribution in [0.2, 0.25) is 10.0 Å². The number of carbonyl (C=O) groups is 2. The van der Waals surface area contributed by atoms with Crippen molar-refractivity contribution in [1.82, 2.24) is 10.2 Å². The first kappa shape index (κ1) is 25.5. The van der Waals surface area contributed by atoms with Gasteiger partial charge in [-0.2, -0.15) is 0 Å². The van der Waals surface area contributed by atoms with E-state index in [9.17, 15) is 9.59 Å². The Balaban J connectivity index is 2.23. The van der Waals surface area contributed by atoms with Crippen molar-refractivity contribution < 1.29 is 14.3 Å². The highest BCUT2D eigenvalue weighted by molar-refractivity contribution is 9.10. The van der Waals surface area contributed by atoms with E-state index >= 15 is 0 Å². The molecule has 0 fully saturated rings. The molecule has 0 aliphatic carbocycles. The fourth-order valence-electron chi connectivity index (χ4n) is 2.97. The highest BCUT2D eigenvalue weighted by Gasteiger charge is 2.29. The number of hydrogen-bond acceptors (Lipinski definition) is 3. The Bertz CT molecular complexity index is 908. The lowest BCUT2D eigenvalue weighted by Crippen LogP contribution is -2.50. The summed E-state index contributed by atoms with van der Waals surface area (Å²) in [5, 5.41) is 4.02. The van der Waals surface area contributed by atoms with Crippen molar-refractivity contribution >= 4 is 50.9 Å². The summed E-state index contributed by atoms with van der Waals surface area (Å²) < 4.78 is 6.36. The molecule has 0 radical (unpaired) electrons. The Labute approximate surface area is 202 Å². The molecule has 1 N–H and O–H groups in total. The van der Waals surface area contributed by atoms with Crippen LogP contribution >= 0.6 is 39.1 Å². The molecular weight excluding hydrogens is 503 g/mol. The third-order valence-corrected chi connectivity index (χ3v) is 5.84. The first-order valence-corrected chi connectivity index (χ1v) is 11.7. The molecule has 0 aliphatic heterocycles. The maximum Gasteiger partial charge on any atom is 0.261 e. The predicted molar refractivity (Wildman–Crippen MR) is 129 cm³/mol. The van der Waals surface area contributed by atoms with Crippen LogP contribution < -0.4 is 10.1 Å². The molecule has 0 saturated heterocycles. The molecule has 0 unspecified atom stereocenters. The summed E-state index contributed by atoms with van der Waals surface area (Å²) in [5.74, 6) is 0.296. The summed E-state index contributed by atoms with van der Waals surface area (Å²) in [5.41, 5.74) is 0.764. The minimum Gasteiger partial charge on any atom is -0.483 e. The zero-order chi connectivity index (χ0) is 23.0. The molecule has 31 heavy (non-hydrogen) atoms. The Morgan fingerprint density at radius 2 is 1.87 bits per heavy atom. The highest BCUT2D eigenvalue weighted by Crippen LogP contribution is 2.28. The lowest BCUT2D eigenvalue weighted by atomic mass is 10.1. The van der Waals surface area contributed by atoms with Gasteiger partial charge in [0.2, 0.25) is 5.91 Å². The van der Waals surface area contributed by atoms with Crippen molar-refractivity contribution in [2.45, 2.75) is 39.8 Å². The fraction of sp³-hybridized carbons (Fsp3) is 0.391. The van der Waals surface area contributed by atoms with E-state index in [-0.39, 0.29) is 25.0 Å². The standard InChI is InChI=1S/C23H27BrCl2N2O3/c1-4-20(23(30)27-12-15(2)3)28(13-16-7-5-6-8-19(16)26)22(29)14-31-21-10-9-17(25)11-18(21)24/h5-11,15,20H,4,12-14H2,1-3H3,(H,27,30)/t20-/m0/s1. The van der Waals surface area contributed by atoms with E-state index in [1.807, 2.05) is 39.0 Å². The van der Waals surface area contributed by atoms with E-state index in [1.165, 1.54) is 4.90 Å². The summed E-state index contributed by atoms with van der Waals surface area (Å²) in [6.07, 6.45) is 0.463. The number of nitrogens with zero attached hydrogens (tertiary/aromatic N) is 1. The first-order chi connectivity index (χ1) is 14.7. The van der Waals surface area contributed by atoms with Gasteiger partial charge in [-0.05, 0) is 58.1 Å².